The van der Waals surface area contributed by atoms with E-state index in [1.165, 1.54) is 0 Å². The van der Waals surface area contributed by atoms with Crippen LogP contribution in [0.15, 0.2) is 24.4 Å². The number of anilines is 3. The van der Waals surface area contributed by atoms with Gasteiger partial charge in [-0.25, -0.2) is 9.37 Å². The Morgan fingerprint density at radius 1 is 1.30 bits per heavy atom. The normalized spacial score (nSPS) is 10.4. The van der Waals surface area contributed by atoms with Crippen LogP contribution in [-0.4, -0.2) is 16.5 Å². The van der Waals surface area contributed by atoms with E-state index in [4.69, 9.17) is 23.2 Å². The zero-order valence-electron chi connectivity index (χ0n) is 10.8. The molecule has 20 heavy (non-hydrogen) atoms. The van der Waals surface area contributed by atoms with Crippen LogP contribution in [0.2, 0.25) is 10.0 Å². The second-order valence-corrected chi connectivity index (χ2v) is 4.91. The van der Waals surface area contributed by atoms with Crippen LogP contribution in [0.4, 0.5) is 21.8 Å². The largest absolute Gasteiger partial charge is 0.354 e. The zero-order chi connectivity index (χ0) is 14.5. The molecule has 7 heteroatoms. The second-order valence-electron chi connectivity index (χ2n) is 4.07. The average Bonchev–Trinajstić information content (AvgIpc) is 2.42. The molecule has 0 radical (unpaired) electrons. The van der Waals surface area contributed by atoms with E-state index in [0.29, 0.717) is 28.2 Å². The smallest absolute Gasteiger partial charge is 0.224 e. The average molecular weight is 315 g/mol. The van der Waals surface area contributed by atoms with Crippen LogP contribution in [0.25, 0.3) is 0 Å². The van der Waals surface area contributed by atoms with E-state index in [0.717, 1.165) is 12.6 Å². The lowest BCUT2D eigenvalue weighted by Crippen LogP contribution is -2.07. The summed E-state index contributed by atoms with van der Waals surface area (Å²) in [4.78, 5) is 7.93. The Labute approximate surface area is 126 Å². The Kier molecular flexibility index (Phi) is 4.98. The quantitative estimate of drug-likeness (QED) is 0.853. The first-order valence-corrected chi connectivity index (χ1v) is 6.84. The van der Waals surface area contributed by atoms with Gasteiger partial charge in [0.2, 0.25) is 5.95 Å². The molecular weight excluding hydrogens is 302 g/mol. The number of aromatic nitrogens is 2. The monoisotopic (exact) mass is 314 g/mol. The number of hydrogen-bond acceptors (Lipinski definition) is 4. The predicted molar refractivity (Wildman–Crippen MR) is 80.5 cm³/mol. The van der Waals surface area contributed by atoms with Crippen LogP contribution in [0, 0.1) is 5.82 Å². The van der Waals surface area contributed by atoms with Crippen LogP contribution in [0.1, 0.15) is 13.3 Å². The first-order chi connectivity index (χ1) is 9.60. The highest BCUT2D eigenvalue weighted by Gasteiger charge is 2.09. The predicted octanol–water partition coefficient (Wildman–Crippen LogP) is 4.49. The molecule has 0 bridgehead atoms. The molecule has 0 unspecified atom stereocenters. The topological polar surface area (TPSA) is 49.8 Å². The molecule has 2 aromatic rings. The van der Waals surface area contributed by atoms with Gasteiger partial charge in [-0.3, -0.25) is 0 Å². The summed E-state index contributed by atoms with van der Waals surface area (Å²) in [5, 5.41) is 6.71. The lowest BCUT2D eigenvalue weighted by atomic mass is 10.3. The van der Waals surface area contributed by atoms with Crippen molar-refractivity contribution in [3.63, 3.8) is 0 Å². The minimum atomic E-state index is -0.557. The highest BCUT2D eigenvalue weighted by molar-refractivity contribution is 6.36. The number of rotatable bonds is 5. The summed E-state index contributed by atoms with van der Waals surface area (Å²) >= 11 is 11.8. The van der Waals surface area contributed by atoms with Crippen molar-refractivity contribution in [2.45, 2.75) is 13.3 Å². The lowest BCUT2D eigenvalue weighted by Gasteiger charge is -2.10. The summed E-state index contributed by atoms with van der Waals surface area (Å²) in [7, 11) is 0. The summed E-state index contributed by atoms with van der Waals surface area (Å²) in [5.41, 5.74) is 0.523. The van der Waals surface area contributed by atoms with E-state index in [1.54, 1.807) is 18.2 Å². The minimum absolute atomic E-state index is 0.0582. The third kappa shape index (κ3) is 3.71. The number of halogens is 3. The van der Waals surface area contributed by atoms with E-state index in [1.807, 2.05) is 6.92 Å². The Morgan fingerprint density at radius 2 is 2.10 bits per heavy atom. The maximum atomic E-state index is 13.7. The highest BCUT2D eigenvalue weighted by atomic mass is 35.5. The van der Waals surface area contributed by atoms with E-state index in [2.05, 4.69) is 20.6 Å². The molecule has 0 saturated carbocycles. The van der Waals surface area contributed by atoms with Crippen molar-refractivity contribution < 1.29 is 4.39 Å². The minimum Gasteiger partial charge on any atom is -0.354 e. The van der Waals surface area contributed by atoms with Gasteiger partial charge >= 0.3 is 0 Å². The van der Waals surface area contributed by atoms with Gasteiger partial charge in [0.25, 0.3) is 0 Å². The van der Waals surface area contributed by atoms with Gasteiger partial charge in [0.05, 0.1) is 16.9 Å². The van der Waals surface area contributed by atoms with Gasteiger partial charge in [0.15, 0.2) is 11.6 Å². The van der Waals surface area contributed by atoms with Crippen molar-refractivity contribution in [2.75, 3.05) is 17.2 Å². The summed E-state index contributed by atoms with van der Waals surface area (Å²) < 4.78 is 13.7. The molecule has 0 saturated heterocycles. The van der Waals surface area contributed by atoms with Gasteiger partial charge in [-0.05, 0) is 24.6 Å². The molecule has 0 aliphatic heterocycles. The standard InChI is InChI=1S/C13H13Cl2FN4/c1-2-5-17-13-18-7-10(16)12(20-13)19-11-4-3-8(14)6-9(11)15/h3-4,6-7H,2,5H2,1H3,(H2,17,18,19,20). The number of nitrogens with zero attached hydrogens (tertiary/aromatic N) is 2. The number of hydrogen-bond donors (Lipinski definition) is 2. The van der Waals surface area contributed by atoms with Crippen LogP contribution < -0.4 is 10.6 Å². The maximum Gasteiger partial charge on any atom is 0.224 e. The summed E-state index contributed by atoms with van der Waals surface area (Å²) in [5.74, 6) is -0.137. The van der Waals surface area contributed by atoms with Crippen molar-refractivity contribution in [2.24, 2.45) is 0 Å². The van der Waals surface area contributed by atoms with Crippen molar-refractivity contribution in [3.05, 3.63) is 40.3 Å². The fourth-order valence-electron chi connectivity index (χ4n) is 1.50. The Balaban J connectivity index is 2.23. The van der Waals surface area contributed by atoms with Crippen molar-refractivity contribution >= 4 is 40.7 Å². The van der Waals surface area contributed by atoms with Crippen molar-refractivity contribution in [1.29, 1.82) is 0 Å². The summed E-state index contributed by atoms with van der Waals surface area (Å²) in [6.45, 7) is 2.73. The second kappa shape index (κ2) is 6.72. The molecule has 0 spiro atoms. The van der Waals surface area contributed by atoms with Crippen LogP contribution in [0.5, 0.6) is 0 Å². The molecule has 2 rings (SSSR count). The Bertz CT molecular complexity index is 607. The molecule has 0 amide bonds. The molecule has 1 aromatic heterocycles. The maximum absolute atomic E-state index is 13.7. The number of nitrogens with one attached hydrogen (secondary N) is 2. The van der Waals surface area contributed by atoms with Crippen LogP contribution >= 0.6 is 23.2 Å². The van der Waals surface area contributed by atoms with Crippen molar-refractivity contribution in [3.8, 4) is 0 Å². The molecule has 1 aromatic carbocycles. The van der Waals surface area contributed by atoms with Crippen LogP contribution in [-0.2, 0) is 0 Å². The van der Waals surface area contributed by atoms with Gasteiger partial charge < -0.3 is 10.6 Å². The SMILES string of the molecule is CCCNc1ncc(F)c(Nc2ccc(Cl)cc2Cl)n1. The van der Waals surface area contributed by atoms with Gasteiger partial charge in [-0.1, -0.05) is 30.1 Å². The molecule has 4 nitrogen and oxygen atoms in total. The molecule has 106 valence electrons. The number of benzene rings is 1. The fraction of sp³-hybridized carbons (Fsp3) is 0.231. The molecule has 1 heterocycles. The molecule has 0 aliphatic carbocycles. The molecular formula is C13H13Cl2FN4. The van der Waals surface area contributed by atoms with E-state index in [-0.39, 0.29) is 5.82 Å². The van der Waals surface area contributed by atoms with Crippen LogP contribution in [0.3, 0.4) is 0 Å². The first-order valence-electron chi connectivity index (χ1n) is 6.08. The summed E-state index contributed by atoms with van der Waals surface area (Å²) in [6, 6.07) is 4.89. The lowest BCUT2D eigenvalue weighted by molar-refractivity contribution is 0.619. The summed E-state index contributed by atoms with van der Waals surface area (Å²) in [6.07, 6.45) is 2.03. The van der Waals surface area contributed by atoms with E-state index < -0.39 is 5.82 Å². The van der Waals surface area contributed by atoms with Crippen molar-refractivity contribution in [1.82, 2.24) is 9.97 Å². The van der Waals surface area contributed by atoms with E-state index >= 15 is 0 Å². The Hall–Kier alpha value is -1.59. The zero-order valence-corrected chi connectivity index (χ0v) is 12.3. The van der Waals surface area contributed by atoms with Gasteiger partial charge in [0.1, 0.15) is 0 Å². The Morgan fingerprint density at radius 3 is 2.80 bits per heavy atom. The third-order valence-corrected chi connectivity index (χ3v) is 3.01. The van der Waals surface area contributed by atoms with Gasteiger partial charge in [0, 0.05) is 11.6 Å². The molecule has 2 N–H and O–H groups in total. The first kappa shape index (κ1) is 14.8. The highest BCUT2D eigenvalue weighted by Crippen LogP contribution is 2.28. The van der Waals surface area contributed by atoms with Gasteiger partial charge in [-0.2, -0.15) is 4.98 Å². The van der Waals surface area contributed by atoms with E-state index in [9.17, 15) is 4.39 Å². The molecule has 0 aliphatic rings. The fourth-order valence-corrected chi connectivity index (χ4v) is 1.95. The molecule has 0 atom stereocenters. The molecule has 0 fully saturated rings. The third-order valence-electron chi connectivity index (χ3n) is 2.46. The van der Waals surface area contributed by atoms with Gasteiger partial charge in [-0.15, -0.1) is 0 Å².